The summed E-state index contributed by atoms with van der Waals surface area (Å²) in [6, 6.07) is 6.48. The number of aromatic nitrogens is 2. The van der Waals surface area contributed by atoms with Crippen molar-refractivity contribution in [2.45, 2.75) is 32.2 Å². The van der Waals surface area contributed by atoms with E-state index in [4.69, 9.17) is 5.73 Å². The summed E-state index contributed by atoms with van der Waals surface area (Å²) in [5.41, 5.74) is 7.29. The topological polar surface area (TPSA) is 64.2 Å². The summed E-state index contributed by atoms with van der Waals surface area (Å²) in [6.07, 6.45) is 4.54. The second-order valence-electron chi connectivity index (χ2n) is 5.89. The Morgan fingerprint density at radius 2 is 2.17 bits per heavy atom. The van der Waals surface area contributed by atoms with E-state index in [2.05, 4.69) is 5.10 Å². The van der Waals surface area contributed by atoms with Gasteiger partial charge in [-0.2, -0.15) is 5.10 Å². The van der Waals surface area contributed by atoms with Gasteiger partial charge in [0, 0.05) is 19.1 Å². The lowest BCUT2D eigenvalue weighted by molar-refractivity contribution is 0.0622. The lowest BCUT2D eigenvalue weighted by Gasteiger charge is -2.35. The van der Waals surface area contributed by atoms with Gasteiger partial charge >= 0.3 is 0 Å². The summed E-state index contributed by atoms with van der Waals surface area (Å²) in [5.74, 6) is -0.434. The Balaban J connectivity index is 1.93. The molecule has 2 N–H and O–H groups in total. The molecule has 3 rings (SSSR count). The quantitative estimate of drug-likeness (QED) is 0.945. The zero-order valence-corrected chi connectivity index (χ0v) is 13.2. The van der Waals surface area contributed by atoms with E-state index in [1.165, 1.54) is 16.9 Å². The molecule has 0 aliphatic carbocycles. The lowest BCUT2D eigenvalue weighted by atomic mass is 10.0. The third-order valence-electron chi connectivity index (χ3n) is 4.48. The van der Waals surface area contributed by atoms with E-state index >= 15 is 0 Å². The van der Waals surface area contributed by atoms with Crippen LogP contribution >= 0.6 is 0 Å². The van der Waals surface area contributed by atoms with Crippen LogP contribution in [0.1, 0.15) is 35.3 Å². The van der Waals surface area contributed by atoms with Crippen LogP contribution in [0.5, 0.6) is 0 Å². The summed E-state index contributed by atoms with van der Waals surface area (Å²) in [6.45, 7) is 2.96. The van der Waals surface area contributed by atoms with Crippen molar-refractivity contribution in [2.75, 3.05) is 13.1 Å². The van der Waals surface area contributed by atoms with Crippen molar-refractivity contribution in [3.05, 3.63) is 47.5 Å². The fourth-order valence-corrected chi connectivity index (χ4v) is 3.15. The Hall–Kier alpha value is -2.21. The minimum Gasteiger partial charge on any atom is -0.334 e. The van der Waals surface area contributed by atoms with Crippen LogP contribution in [0, 0.1) is 12.7 Å². The third kappa shape index (κ3) is 2.86. The predicted octanol–water partition coefficient (Wildman–Crippen LogP) is 2.27. The zero-order chi connectivity index (χ0) is 16.4. The fraction of sp³-hybridized carbons (Fsp3) is 0.412. The van der Waals surface area contributed by atoms with Crippen molar-refractivity contribution in [1.82, 2.24) is 14.7 Å². The number of nitrogens with two attached hydrogens (primary N) is 1. The minimum atomic E-state index is -0.365. The Morgan fingerprint density at radius 1 is 1.39 bits per heavy atom. The number of para-hydroxylation sites is 1. The number of halogens is 1. The molecule has 0 radical (unpaired) electrons. The summed E-state index contributed by atoms with van der Waals surface area (Å²) < 4.78 is 15.4. The molecule has 1 amide bonds. The van der Waals surface area contributed by atoms with Gasteiger partial charge in [0.15, 0.2) is 0 Å². The van der Waals surface area contributed by atoms with Gasteiger partial charge in [-0.15, -0.1) is 0 Å². The van der Waals surface area contributed by atoms with Crippen LogP contribution in [0.4, 0.5) is 4.39 Å². The van der Waals surface area contributed by atoms with Gasteiger partial charge in [0.1, 0.15) is 11.5 Å². The third-order valence-corrected chi connectivity index (χ3v) is 4.48. The van der Waals surface area contributed by atoms with Gasteiger partial charge in [-0.25, -0.2) is 9.07 Å². The van der Waals surface area contributed by atoms with Gasteiger partial charge in [-0.3, -0.25) is 4.79 Å². The molecule has 122 valence electrons. The molecule has 2 aromatic rings. The van der Waals surface area contributed by atoms with E-state index in [9.17, 15) is 9.18 Å². The van der Waals surface area contributed by atoms with E-state index in [1.54, 1.807) is 25.1 Å². The van der Waals surface area contributed by atoms with Crippen LogP contribution in [0.3, 0.4) is 0 Å². The van der Waals surface area contributed by atoms with Gasteiger partial charge in [0.05, 0.1) is 17.5 Å². The first-order valence-corrected chi connectivity index (χ1v) is 7.94. The van der Waals surface area contributed by atoms with Gasteiger partial charge in [0.2, 0.25) is 0 Å². The maximum Gasteiger partial charge on any atom is 0.257 e. The molecule has 5 nitrogen and oxygen atoms in total. The van der Waals surface area contributed by atoms with Crippen LogP contribution in [0.25, 0.3) is 5.69 Å². The smallest absolute Gasteiger partial charge is 0.257 e. The van der Waals surface area contributed by atoms with Gasteiger partial charge < -0.3 is 10.6 Å². The number of carbonyl (C=O) groups excluding carboxylic acids is 1. The molecule has 0 spiro atoms. The van der Waals surface area contributed by atoms with Crippen molar-refractivity contribution in [3.8, 4) is 5.69 Å². The van der Waals surface area contributed by atoms with Crippen LogP contribution in [0.2, 0.25) is 0 Å². The first kappa shape index (κ1) is 15.7. The van der Waals surface area contributed by atoms with E-state index in [0.29, 0.717) is 30.0 Å². The molecule has 1 aromatic heterocycles. The molecule has 23 heavy (non-hydrogen) atoms. The SMILES string of the molecule is Cc1c(C(=O)N2CCCCC2CN)cnn1-c1ccccc1F. The molecular formula is C17H21FN4O. The predicted molar refractivity (Wildman–Crippen MR) is 86.0 cm³/mol. The first-order chi connectivity index (χ1) is 11.1. The average molecular weight is 316 g/mol. The molecule has 0 saturated carbocycles. The number of amides is 1. The normalized spacial score (nSPS) is 18.2. The number of rotatable bonds is 3. The van der Waals surface area contributed by atoms with Crippen LogP contribution in [0.15, 0.2) is 30.5 Å². The van der Waals surface area contributed by atoms with Gasteiger partial charge in [-0.1, -0.05) is 12.1 Å². The minimum absolute atomic E-state index is 0.0692. The van der Waals surface area contributed by atoms with E-state index in [0.717, 1.165) is 19.3 Å². The molecule has 2 heterocycles. The Labute approximate surface area is 134 Å². The standard InChI is InChI=1S/C17H21FN4O/c1-12-14(17(23)21-9-5-4-6-13(21)10-19)11-20-22(12)16-8-3-2-7-15(16)18/h2-3,7-8,11,13H,4-6,9-10,19H2,1H3. The number of nitrogens with zero attached hydrogens (tertiary/aromatic N) is 3. The number of benzene rings is 1. The molecule has 1 aromatic carbocycles. The summed E-state index contributed by atoms with van der Waals surface area (Å²) in [5, 5.41) is 4.21. The highest BCUT2D eigenvalue weighted by atomic mass is 19.1. The molecular weight excluding hydrogens is 295 g/mol. The Morgan fingerprint density at radius 3 is 2.91 bits per heavy atom. The molecule has 0 bridgehead atoms. The Bertz CT molecular complexity index is 712. The largest absolute Gasteiger partial charge is 0.334 e. The molecule has 1 saturated heterocycles. The van der Waals surface area contributed by atoms with E-state index < -0.39 is 0 Å². The van der Waals surface area contributed by atoms with Crippen molar-refractivity contribution in [3.63, 3.8) is 0 Å². The van der Waals surface area contributed by atoms with Crippen LogP contribution in [-0.2, 0) is 0 Å². The number of piperidine rings is 1. The molecule has 1 fully saturated rings. The molecule has 6 heteroatoms. The lowest BCUT2D eigenvalue weighted by Crippen LogP contribution is -2.47. The first-order valence-electron chi connectivity index (χ1n) is 7.94. The van der Waals surface area contributed by atoms with E-state index in [1.807, 2.05) is 4.90 Å². The highest BCUT2D eigenvalue weighted by Crippen LogP contribution is 2.22. The Kier molecular flexibility index (Phi) is 4.43. The summed E-state index contributed by atoms with van der Waals surface area (Å²) in [7, 11) is 0. The highest BCUT2D eigenvalue weighted by Gasteiger charge is 2.28. The van der Waals surface area contributed by atoms with Gasteiger partial charge in [-0.05, 0) is 38.3 Å². The van der Waals surface area contributed by atoms with Crippen molar-refractivity contribution in [2.24, 2.45) is 5.73 Å². The fourth-order valence-electron chi connectivity index (χ4n) is 3.15. The number of hydrogen-bond acceptors (Lipinski definition) is 3. The molecule has 1 unspecified atom stereocenters. The second kappa shape index (κ2) is 6.50. The maximum atomic E-state index is 14.0. The monoisotopic (exact) mass is 316 g/mol. The van der Waals surface area contributed by atoms with Crippen LogP contribution in [-0.4, -0.2) is 39.7 Å². The van der Waals surface area contributed by atoms with E-state index in [-0.39, 0.29) is 17.8 Å². The number of likely N-dealkylation sites (tertiary alicyclic amines) is 1. The number of carbonyl (C=O) groups is 1. The second-order valence-corrected chi connectivity index (χ2v) is 5.89. The summed E-state index contributed by atoms with van der Waals surface area (Å²) >= 11 is 0. The molecule has 1 aliphatic heterocycles. The molecule has 1 aliphatic rings. The maximum absolute atomic E-state index is 14.0. The van der Waals surface area contributed by atoms with Crippen molar-refractivity contribution >= 4 is 5.91 Å². The molecule has 1 atom stereocenters. The van der Waals surface area contributed by atoms with Crippen molar-refractivity contribution < 1.29 is 9.18 Å². The number of hydrogen-bond donors (Lipinski definition) is 1. The highest BCUT2D eigenvalue weighted by molar-refractivity contribution is 5.95. The average Bonchev–Trinajstić information content (AvgIpc) is 2.96. The van der Waals surface area contributed by atoms with Crippen molar-refractivity contribution in [1.29, 1.82) is 0 Å². The summed E-state index contributed by atoms with van der Waals surface area (Å²) in [4.78, 5) is 14.7. The zero-order valence-electron chi connectivity index (χ0n) is 13.2. The van der Waals surface area contributed by atoms with Crippen LogP contribution < -0.4 is 5.73 Å². The van der Waals surface area contributed by atoms with Gasteiger partial charge in [0.25, 0.3) is 5.91 Å².